The number of methoxy groups -OCH3 is 1. The fourth-order valence-electron chi connectivity index (χ4n) is 3.43. The fraction of sp³-hybridized carbons (Fsp3) is 0.350. The summed E-state index contributed by atoms with van der Waals surface area (Å²) in [5.41, 5.74) is 8.16. The van der Waals surface area contributed by atoms with Crippen LogP contribution in [0, 0.1) is 11.3 Å². The summed E-state index contributed by atoms with van der Waals surface area (Å²) in [5, 5.41) is 9.23. The van der Waals surface area contributed by atoms with Crippen LogP contribution in [0.3, 0.4) is 0 Å². The molecule has 0 spiro atoms. The van der Waals surface area contributed by atoms with Crippen LogP contribution in [0.5, 0.6) is 0 Å². The molecule has 0 unspecified atom stereocenters. The molecule has 0 atom stereocenters. The predicted octanol–water partition coefficient (Wildman–Crippen LogP) is 1.78. The van der Waals surface area contributed by atoms with E-state index in [1.165, 1.54) is 13.3 Å². The van der Waals surface area contributed by atoms with Gasteiger partial charge in [0.25, 0.3) is 0 Å². The summed E-state index contributed by atoms with van der Waals surface area (Å²) < 4.78 is 6.38. The third-order valence-electron chi connectivity index (χ3n) is 4.98. The zero-order valence-electron chi connectivity index (χ0n) is 16.0. The lowest BCUT2D eigenvalue weighted by atomic mass is 10.2. The van der Waals surface area contributed by atoms with Crippen molar-refractivity contribution in [3.63, 3.8) is 0 Å². The van der Waals surface area contributed by atoms with Crippen molar-refractivity contribution in [1.82, 2.24) is 9.47 Å². The molecule has 146 valence electrons. The largest absolute Gasteiger partial charge is 0.464 e. The normalized spacial score (nSPS) is 14.3. The van der Waals surface area contributed by atoms with E-state index in [4.69, 9.17) is 10.5 Å². The van der Waals surface area contributed by atoms with E-state index in [0.29, 0.717) is 12.2 Å². The molecule has 3 rings (SSSR count). The van der Waals surface area contributed by atoms with Gasteiger partial charge < -0.3 is 24.8 Å². The second kappa shape index (κ2) is 8.05. The van der Waals surface area contributed by atoms with Crippen molar-refractivity contribution in [3.05, 3.63) is 41.7 Å². The Kier molecular flexibility index (Phi) is 5.54. The topological polar surface area (TPSA) is 105 Å². The van der Waals surface area contributed by atoms with Gasteiger partial charge in [-0.15, -0.1) is 0 Å². The van der Waals surface area contributed by atoms with E-state index in [0.717, 1.165) is 31.7 Å². The summed E-state index contributed by atoms with van der Waals surface area (Å²) in [7, 11) is 1.28. The highest BCUT2D eigenvalue weighted by Gasteiger charge is 2.22. The molecule has 1 aromatic carbocycles. The molecule has 0 radical (unpaired) electrons. The first-order valence-corrected chi connectivity index (χ1v) is 9.06. The maximum Gasteiger partial charge on any atom is 0.357 e. The molecule has 1 fully saturated rings. The maximum absolute atomic E-state index is 12.1. The number of hydrogen-bond acceptors (Lipinski definition) is 6. The van der Waals surface area contributed by atoms with Crippen LogP contribution in [-0.2, 0) is 9.53 Å². The summed E-state index contributed by atoms with van der Waals surface area (Å²) in [6.45, 7) is 4.70. The Labute approximate surface area is 163 Å². The number of nitrogens with zero attached hydrogens (tertiary/aromatic N) is 4. The number of esters is 1. The van der Waals surface area contributed by atoms with Crippen LogP contribution in [0.1, 0.15) is 29.4 Å². The summed E-state index contributed by atoms with van der Waals surface area (Å²) in [5.74, 6) is -0.494. The molecule has 0 bridgehead atoms. The molecule has 1 saturated heterocycles. The molecule has 1 aliphatic heterocycles. The van der Waals surface area contributed by atoms with Gasteiger partial charge >= 0.3 is 5.97 Å². The van der Waals surface area contributed by atoms with E-state index >= 15 is 0 Å². The van der Waals surface area contributed by atoms with E-state index in [1.807, 2.05) is 35.2 Å². The molecule has 2 aromatic rings. The van der Waals surface area contributed by atoms with Crippen molar-refractivity contribution in [3.8, 4) is 11.8 Å². The number of anilines is 2. The first-order chi connectivity index (χ1) is 13.5. The second-order valence-corrected chi connectivity index (χ2v) is 6.64. The van der Waals surface area contributed by atoms with Gasteiger partial charge in [-0.2, -0.15) is 5.26 Å². The third-order valence-corrected chi connectivity index (χ3v) is 4.98. The molecule has 8 nitrogen and oxygen atoms in total. The Morgan fingerprint density at radius 2 is 1.79 bits per heavy atom. The number of amides is 1. The Bertz CT molecular complexity index is 927. The molecular formula is C20H23N5O3. The molecule has 2 heterocycles. The number of ether oxygens (including phenoxy) is 1. The molecule has 0 saturated carbocycles. The van der Waals surface area contributed by atoms with Gasteiger partial charge in [0.15, 0.2) is 5.69 Å². The maximum atomic E-state index is 12.1. The minimum Gasteiger partial charge on any atom is -0.464 e. The number of carbonyl (C=O) groups is 2. The minimum atomic E-state index is -0.597. The number of nitrogen functional groups attached to an aromatic ring is 1. The van der Waals surface area contributed by atoms with Crippen molar-refractivity contribution < 1.29 is 14.3 Å². The van der Waals surface area contributed by atoms with Gasteiger partial charge in [0, 0.05) is 50.7 Å². The van der Waals surface area contributed by atoms with Gasteiger partial charge in [0.1, 0.15) is 6.07 Å². The van der Waals surface area contributed by atoms with Crippen LogP contribution in [0.2, 0.25) is 0 Å². The van der Waals surface area contributed by atoms with Gasteiger partial charge in [0.2, 0.25) is 5.91 Å². The van der Waals surface area contributed by atoms with Gasteiger partial charge in [0.05, 0.1) is 18.4 Å². The van der Waals surface area contributed by atoms with Gasteiger partial charge in [-0.3, -0.25) is 4.79 Å². The van der Waals surface area contributed by atoms with Gasteiger partial charge in [-0.05, 0) is 30.7 Å². The smallest absolute Gasteiger partial charge is 0.357 e. The van der Waals surface area contributed by atoms with Crippen molar-refractivity contribution >= 4 is 23.3 Å². The predicted molar refractivity (Wildman–Crippen MR) is 105 cm³/mol. The third kappa shape index (κ3) is 3.64. The lowest BCUT2D eigenvalue weighted by Crippen LogP contribution is -2.33. The average molecular weight is 381 g/mol. The van der Waals surface area contributed by atoms with Crippen molar-refractivity contribution in [2.45, 2.75) is 13.3 Å². The van der Waals surface area contributed by atoms with Crippen LogP contribution < -0.4 is 10.6 Å². The number of carbonyl (C=O) groups excluding carboxylic acids is 2. The van der Waals surface area contributed by atoms with Crippen LogP contribution in [0.25, 0.3) is 5.69 Å². The molecule has 1 amide bonds. The molecule has 8 heteroatoms. The molecular weight excluding hydrogens is 358 g/mol. The van der Waals surface area contributed by atoms with E-state index in [1.54, 1.807) is 11.5 Å². The quantitative estimate of drug-likeness (QED) is 0.813. The minimum absolute atomic E-state index is 0.103. The molecule has 2 N–H and O–H groups in total. The second-order valence-electron chi connectivity index (χ2n) is 6.64. The fourth-order valence-corrected chi connectivity index (χ4v) is 3.43. The standard InChI is InChI=1S/C20H23N5O3/c1-14(26)23-8-3-9-24(11-10-23)16-4-6-17(7-5-16)25-13-15(12-21)18(22)19(25)20(27)28-2/h4-7,13H,3,8-11,22H2,1-2H3. The first-order valence-electron chi connectivity index (χ1n) is 9.06. The molecule has 0 aliphatic carbocycles. The SMILES string of the molecule is COC(=O)c1c(N)c(C#N)cn1-c1ccc(N2CCCN(C(C)=O)CC2)cc1. The molecule has 1 aliphatic rings. The molecule has 28 heavy (non-hydrogen) atoms. The number of hydrogen-bond donors (Lipinski definition) is 1. The Hall–Kier alpha value is -3.47. The highest BCUT2D eigenvalue weighted by molar-refractivity contribution is 5.96. The Balaban J connectivity index is 1.87. The zero-order chi connectivity index (χ0) is 20.3. The summed E-state index contributed by atoms with van der Waals surface area (Å²) >= 11 is 0. The number of rotatable bonds is 3. The van der Waals surface area contributed by atoms with E-state index in [-0.39, 0.29) is 22.9 Å². The molecule has 1 aromatic heterocycles. The van der Waals surface area contributed by atoms with Gasteiger partial charge in [-0.1, -0.05) is 0 Å². The average Bonchev–Trinajstić information content (AvgIpc) is 2.87. The van der Waals surface area contributed by atoms with Crippen LogP contribution in [0.4, 0.5) is 11.4 Å². The van der Waals surface area contributed by atoms with E-state index in [9.17, 15) is 14.9 Å². The van der Waals surface area contributed by atoms with Crippen molar-refractivity contribution in [2.75, 3.05) is 43.9 Å². The van der Waals surface area contributed by atoms with E-state index in [2.05, 4.69) is 4.90 Å². The first kappa shape index (κ1) is 19.3. The summed E-state index contributed by atoms with van der Waals surface area (Å²) in [6, 6.07) is 9.66. The van der Waals surface area contributed by atoms with Crippen LogP contribution >= 0.6 is 0 Å². The lowest BCUT2D eigenvalue weighted by Gasteiger charge is -2.23. The van der Waals surface area contributed by atoms with Crippen LogP contribution in [0.15, 0.2) is 30.5 Å². The number of benzene rings is 1. The number of nitriles is 1. The highest BCUT2D eigenvalue weighted by Crippen LogP contribution is 2.26. The number of nitrogens with two attached hydrogens (primary N) is 1. The number of aromatic nitrogens is 1. The van der Waals surface area contributed by atoms with Gasteiger partial charge in [-0.25, -0.2) is 4.79 Å². The van der Waals surface area contributed by atoms with E-state index < -0.39 is 5.97 Å². The zero-order valence-corrected chi connectivity index (χ0v) is 16.0. The lowest BCUT2D eigenvalue weighted by molar-refractivity contribution is -0.128. The summed E-state index contributed by atoms with van der Waals surface area (Å²) in [6.07, 6.45) is 2.45. The summed E-state index contributed by atoms with van der Waals surface area (Å²) in [4.78, 5) is 27.8. The Morgan fingerprint density at radius 3 is 2.39 bits per heavy atom. The van der Waals surface area contributed by atoms with Crippen molar-refractivity contribution in [1.29, 1.82) is 5.26 Å². The van der Waals surface area contributed by atoms with Crippen LogP contribution in [-0.4, -0.2) is 54.6 Å². The highest BCUT2D eigenvalue weighted by atomic mass is 16.5. The van der Waals surface area contributed by atoms with Crippen molar-refractivity contribution in [2.24, 2.45) is 0 Å². The monoisotopic (exact) mass is 381 g/mol. The Morgan fingerprint density at radius 1 is 1.11 bits per heavy atom.